The van der Waals surface area contributed by atoms with Gasteiger partial charge in [0.25, 0.3) is 0 Å². The van der Waals surface area contributed by atoms with Crippen molar-refractivity contribution in [2.75, 3.05) is 19.7 Å². The van der Waals surface area contributed by atoms with Crippen LogP contribution in [0.3, 0.4) is 0 Å². The van der Waals surface area contributed by atoms with Gasteiger partial charge in [0.2, 0.25) is 6.79 Å². The Balaban J connectivity index is 2.01. The molecule has 0 aromatic heterocycles. The standard InChI is InChI=1S/C10H10O4S/c1-12-10(11)5-15-7-2-3-8-9(4-7)14-6-13-8/h2-4H,5-6H2,1H3. The molecule has 1 aliphatic heterocycles. The van der Waals surface area contributed by atoms with Crippen LogP contribution in [0.1, 0.15) is 0 Å². The molecule has 1 aliphatic rings. The first-order valence-electron chi connectivity index (χ1n) is 4.39. The molecule has 0 amide bonds. The Labute approximate surface area is 91.5 Å². The third-order valence-electron chi connectivity index (χ3n) is 1.93. The number of thioether (sulfide) groups is 1. The average molecular weight is 226 g/mol. The SMILES string of the molecule is COC(=O)CSc1ccc2c(c1)OCO2. The van der Waals surface area contributed by atoms with Gasteiger partial charge >= 0.3 is 5.97 Å². The Morgan fingerprint density at radius 3 is 3.07 bits per heavy atom. The molecule has 0 N–H and O–H groups in total. The summed E-state index contributed by atoms with van der Waals surface area (Å²) in [7, 11) is 1.38. The molecule has 15 heavy (non-hydrogen) atoms. The van der Waals surface area contributed by atoms with Gasteiger partial charge in [-0.15, -0.1) is 11.8 Å². The van der Waals surface area contributed by atoms with Crippen molar-refractivity contribution in [3.8, 4) is 11.5 Å². The molecule has 5 heteroatoms. The van der Waals surface area contributed by atoms with Gasteiger partial charge in [-0.2, -0.15) is 0 Å². The monoisotopic (exact) mass is 226 g/mol. The Kier molecular flexibility index (Phi) is 3.01. The minimum absolute atomic E-state index is 0.238. The molecule has 0 radical (unpaired) electrons. The van der Waals surface area contributed by atoms with Gasteiger partial charge in [0.15, 0.2) is 11.5 Å². The lowest BCUT2D eigenvalue weighted by Crippen LogP contribution is -2.02. The lowest BCUT2D eigenvalue weighted by molar-refractivity contribution is -0.137. The van der Waals surface area contributed by atoms with E-state index in [0.29, 0.717) is 5.75 Å². The number of fused-ring (bicyclic) bond motifs is 1. The fourth-order valence-corrected chi connectivity index (χ4v) is 1.92. The van der Waals surface area contributed by atoms with Crippen molar-refractivity contribution in [2.24, 2.45) is 0 Å². The number of carbonyl (C=O) groups excluding carboxylic acids is 1. The van der Waals surface area contributed by atoms with E-state index in [1.54, 1.807) is 0 Å². The van der Waals surface area contributed by atoms with Crippen LogP contribution in [0.2, 0.25) is 0 Å². The summed E-state index contributed by atoms with van der Waals surface area (Å²) in [5.41, 5.74) is 0. The maximum atomic E-state index is 10.9. The van der Waals surface area contributed by atoms with E-state index in [2.05, 4.69) is 4.74 Å². The molecule has 80 valence electrons. The summed E-state index contributed by atoms with van der Waals surface area (Å²) in [4.78, 5) is 11.9. The number of hydrogen-bond acceptors (Lipinski definition) is 5. The average Bonchev–Trinajstić information content (AvgIpc) is 2.72. The van der Waals surface area contributed by atoms with Gasteiger partial charge in [0.1, 0.15) is 0 Å². The van der Waals surface area contributed by atoms with Crippen LogP contribution in [0.4, 0.5) is 0 Å². The van der Waals surface area contributed by atoms with Gasteiger partial charge < -0.3 is 14.2 Å². The summed E-state index contributed by atoms with van der Waals surface area (Å²) in [6.07, 6.45) is 0. The first-order chi connectivity index (χ1) is 7.29. The van der Waals surface area contributed by atoms with Crippen LogP contribution < -0.4 is 9.47 Å². The van der Waals surface area contributed by atoms with Crippen LogP contribution in [0.5, 0.6) is 11.5 Å². The van der Waals surface area contributed by atoms with Crippen molar-refractivity contribution in [3.05, 3.63) is 18.2 Å². The molecule has 2 rings (SSSR count). The second-order valence-electron chi connectivity index (χ2n) is 2.88. The van der Waals surface area contributed by atoms with Gasteiger partial charge in [-0.3, -0.25) is 4.79 Å². The predicted octanol–water partition coefficient (Wildman–Crippen LogP) is 1.68. The lowest BCUT2D eigenvalue weighted by Gasteiger charge is -2.01. The Hall–Kier alpha value is -1.36. The largest absolute Gasteiger partial charge is 0.468 e. The normalized spacial score (nSPS) is 12.6. The van der Waals surface area contributed by atoms with Gasteiger partial charge in [0, 0.05) is 4.90 Å². The predicted molar refractivity (Wildman–Crippen MR) is 55.3 cm³/mol. The molecular weight excluding hydrogens is 216 g/mol. The summed E-state index contributed by atoms with van der Waals surface area (Å²) in [6.45, 7) is 0.264. The molecule has 1 aromatic carbocycles. The minimum Gasteiger partial charge on any atom is -0.468 e. The van der Waals surface area contributed by atoms with Crippen LogP contribution >= 0.6 is 11.8 Å². The summed E-state index contributed by atoms with van der Waals surface area (Å²) in [5, 5.41) is 0. The molecule has 1 aromatic rings. The molecule has 0 bridgehead atoms. The van der Waals surface area contributed by atoms with E-state index in [9.17, 15) is 4.79 Å². The quantitative estimate of drug-likeness (QED) is 0.579. The first-order valence-corrected chi connectivity index (χ1v) is 5.37. The van der Waals surface area contributed by atoms with Gasteiger partial charge in [0.05, 0.1) is 12.9 Å². The smallest absolute Gasteiger partial charge is 0.315 e. The van der Waals surface area contributed by atoms with E-state index in [1.807, 2.05) is 18.2 Å². The summed E-state index contributed by atoms with van der Waals surface area (Å²) >= 11 is 1.41. The van der Waals surface area contributed by atoms with Crippen molar-refractivity contribution in [1.82, 2.24) is 0 Å². The zero-order valence-electron chi connectivity index (χ0n) is 8.19. The molecule has 0 unspecified atom stereocenters. The highest BCUT2D eigenvalue weighted by atomic mass is 32.2. The molecule has 0 atom stereocenters. The van der Waals surface area contributed by atoms with E-state index in [4.69, 9.17) is 9.47 Å². The van der Waals surface area contributed by atoms with E-state index in [1.165, 1.54) is 18.9 Å². The molecular formula is C10H10O4S. The first kappa shape index (κ1) is 10.2. The number of ether oxygens (including phenoxy) is 3. The number of rotatable bonds is 3. The zero-order valence-corrected chi connectivity index (χ0v) is 9.00. The summed E-state index contributed by atoms with van der Waals surface area (Å²) < 4.78 is 14.9. The van der Waals surface area contributed by atoms with E-state index < -0.39 is 0 Å². The zero-order chi connectivity index (χ0) is 10.7. The van der Waals surface area contributed by atoms with Gasteiger partial charge in [-0.25, -0.2) is 0 Å². The van der Waals surface area contributed by atoms with E-state index in [0.717, 1.165) is 16.4 Å². The molecule has 0 saturated heterocycles. The van der Waals surface area contributed by atoms with Crippen molar-refractivity contribution >= 4 is 17.7 Å². The van der Waals surface area contributed by atoms with Crippen molar-refractivity contribution in [1.29, 1.82) is 0 Å². The van der Waals surface area contributed by atoms with Crippen molar-refractivity contribution in [3.63, 3.8) is 0 Å². The molecule has 0 saturated carbocycles. The third-order valence-corrected chi connectivity index (χ3v) is 2.90. The van der Waals surface area contributed by atoms with Crippen molar-refractivity contribution in [2.45, 2.75) is 4.90 Å². The van der Waals surface area contributed by atoms with E-state index >= 15 is 0 Å². The maximum absolute atomic E-state index is 10.9. The Bertz CT molecular complexity index is 378. The molecule has 0 spiro atoms. The highest BCUT2D eigenvalue weighted by Crippen LogP contribution is 2.35. The van der Waals surface area contributed by atoms with Crippen LogP contribution in [0, 0.1) is 0 Å². The fraction of sp³-hybridized carbons (Fsp3) is 0.300. The Morgan fingerprint density at radius 2 is 2.27 bits per heavy atom. The second kappa shape index (κ2) is 4.44. The second-order valence-corrected chi connectivity index (χ2v) is 3.93. The molecule has 4 nitrogen and oxygen atoms in total. The Morgan fingerprint density at radius 1 is 1.47 bits per heavy atom. The maximum Gasteiger partial charge on any atom is 0.315 e. The number of benzene rings is 1. The van der Waals surface area contributed by atoms with Crippen molar-refractivity contribution < 1.29 is 19.0 Å². The molecule has 1 heterocycles. The fourth-order valence-electron chi connectivity index (χ4n) is 1.17. The number of hydrogen-bond donors (Lipinski definition) is 0. The van der Waals surface area contributed by atoms with Crippen LogP contribution in [-0.2, 0) is 9.53 Å². The third kappa shape index (κ3) is 2.36. The van der Waals surface area contributed by atoms with E-state index in [-0.39, 0.29) is 12.8 Å². The lowest BCUT2D eigenvalue weighted by atomic mass is 10.3. The number of methoxy groups -OCH3 is 1. The minimum atomic E-state index is -0.238. The highest BCUT2D eigenvalue weighted by Gasteiger charge is 2.13. The summed E-state index contributed by atoms with van der Waals surface area (Å²) in [5.74, 6) is 1.54. The topological polar surface area (TPSA) is 44.8 Å². The van der Waals surface area contributed by atoms with Crippen LogP contribution in [-0.4, -0.2) is 25.6 Å². The number of esters is 1. The van der Waals surface area contributed by atoms with Gasteiger partial charge in [-0.1, -0.05) is 0 Å². The van der Waals surface area contributed by atoms with Gasteiger partial charge in [-0.05, 0) is 18.2 Å². The molecule has 0 fully saturated rings. The number of carbonyl (C=O) groups is 1. The summed E-state index contributed by atoms with van der Waals surface area (Å²) in [6, 6.07) is 5.58. The highest BCUT2D eigenvalue weighted by molar-refractivity contribution is 8.00. The van der Waals surface area contributed by atoms with Crippen LogP contribution in [0.15, 0.2) is 23.1 Å². The molecule has 0 aliphatic carbocycles. The van der Waals surface area contributed by atoms with Crippen LogP contribution in [0.25, 0.3) is 0 Å².